The summed E-state index contributed by atoms with van der Waals surface area (Å²) in [6.07, 6.45) is 0.477. The summed E-state index contributed by atoms with van der Waals surface area (Å²) >= 11 is 6.95. The first kappa shape index (κ1) is 14.9. The molecular formula is C14H13ClN4O2S. The SMILES string of the molecule is Cc1nsc(NC(=O)C2CCN(c3ccc(Cl)cc3)C2=O)n1. The standard InChI is InChI=1S/C14H13ClN4O2S/c1-8-16-14(22-18-8)17-12(20)11-6-7-19(13(11)21)10-4-2-9(15)3-5-10/h2-5,11H,6-7H2,1H3,(H,16,17,18,20). The van der Waals surface area contributed by atoms with E-state index in [1.807, 2.05) is 0 Å². The Morgan fingerprint density at radius 3 is 2.77 bits per heavy atom. The van der Waals surface area contributed by atoms with Gasteiger partial charge in [0.25, 0.3) is 0 Å². The number of benzene rings is 1. The van der Waals surface area contributed by atoms with E-state index in [9.17, 15) is 9.59 Å². The number of hydrogen-bond donors (Lipinski definition) is 1. The fourth-order valence-corrected chi connectivity index (χ4v) is 3.05. The minimum atomic E-state index is -0.695. The number of aryl methyl sites for hydroxylation is 1. The van der Waals surface area contributed by atoms with E-state index in [1.165, 1.54) is 0 Å². The van der Waals surface area contributed by atoms with Crippen molar-refractivity contribution in [2.75, 3.05) is 16.8 Å². The van der Waals surface area contributed by atoms with Gasteiger partial charge in [0, 0.05) is 28.8 Å². The number of nitrogens with one attached hydrogen (secondary N) is 1. The van der Waals surface area contributed by atoms with Crippen molar-refractivity contribution in [3.05, 3.63) is 35.1 Å². The number of amides is 2. The lowest BCUT2D eigenvalue weighted by Crippen LogP contribution is -2.33. The van der Waals surface area contributed by atoms with E-state index in [2.05, 4.69) is 14.7 Å². The van der Waals surface area contributed by atoms with E-state index in [1.54, 1.807) is 36.1 Å². The van der Waals surface area contributed by atoms with Gasteiger partial charge in [-0.15, -0.1) is 0 Å². The van der Waals surface area contributed by atoms with Gasteiger partial charge in [-0.1, -0.05) is 11.6 Å². The molecule has 2 amide bonds. The fraction of sp³-hybridized carbons (Fsp3) is 0.286. The predicted octanol–water partition coefficient (Wildman–Crippen LogP) is 2.49. The van der Waals surface area contributed by atoms with Gasteiger partial charge in [-0.3, -0.25) is 9.59 Å². The van der Waals surface area contributed by atoms with Gasteiger partial charge >= 0.3 is 0 Å². The molecule has 0 aliphatic carbocycles. The van der Waals surface area contributed by atoms with Crippen LogP contribution in [0.4, 0.5) is 10.8 Å². The zero-order valence-electron chi connectivity index (χ0n) is 11.7. The van der Waals surface area contributed by atoms with Crippen LogP contribution in [-0.4, -0.2) is 27.7 Å². The highest BCUT2D eigenvalue weighted by atomic mass is 35.5. The summed E-state index contributed by atoms with van der Waals surface area (Å²) in [7, 11) is 0. The highest BCUT2D eigenvalue weighted by Gasteiger charge is 2.37. The van der Waals surface area contributed by atoms with Gasteiger partial charge in [-0.2, -0.15) is 4.37 Å². The molecule has 1 atom stereocenters. The normalized spacial score (nSPS) is 17.8. The summed E-state index contributed by atoms with van der Waals surface area (Å²) in [5, 5.41) is 3.68. The van der Waals surface area contributed by atoms with E-state index in [-0.39, 0.29) is 11.8 Å². The maximum absolute atomic E-state index is 12.4. The first-order valence-corrected chi connectivity index (χ1v) is 7.88. The molecule has 1 aliphatic rings. The molecule has 1 aromatic carbocycles. The number of carbonyl (C=O) groups is 2. The van der Waals surface area contributed by atoms with Crippen molar-refractivity contribution in [2.45, 2.75) is 13.3 Å². The topological polar surface area (TPSA) is 75.2 Å². The Morgan fingerprint density at radius 1 is 1.41 bits per heavy atom. The molecule has 0 bridgehead atoms. The first-order chi connectivity index (χ1) is 10.5. The van der Waals surface area contributed by atoms with Crippen molar-refractivity contribution in [3.8, 4) is 0 Å². The van der Waals surface area contributed by atoms with Crippen LogP contribution in [0.3, 0.4) is 0 Å². The Hall–Kier alpha value is -1.99. The molecule has 22 heavy (non-hydrogen) atoms. The average molecular weight is 337 g/mol. The van der Waals surface area contributed by atoms with Crippen LogP contribution in [-0.2, 0) is 9.59 Å². The van der Waals surface area contributed by atoms with Crippen molar-refractivity contribution < 1.29 is 9.59 Å². The smallest absolute Gasteiger partial charge is 0.239 e. The molecule has 8 heteroatoms. The summed E-state index contributed by atoms with van der Waals surface area (Å²) < 4.78 is 3.99. The van der Waals surface area contributed by atoms with Crippen LogP contribution >= 0.6 is 23.1 Å². The molecule has 1 N–H and O–H groups in total. The second-order valence-electron chi connectivity index (χ2n) is 4.94. The highest BCUT2D eigenvalue weighted by molar-refractivity contribution is 7.09. The lowest BCUT2D eigenvalue weighted by atomic mass is 10.1. The van der Waals surface area contributed by atoms with Crippen molar-refractivity contribution in [1.29, 1.82) is 0 Å². The minimum Gasteiger partial charge on any atom is -0.312 e. The highest BCUT2D eigenvalue weighted by Crippen LogP contribution is 2.27. The molecule has 2 heterocycles. The van der Waals surface area contributed by atoms with E-state index >= 15 is 0 Å². The molecule has 0 saturated carbocycles. The number of halogens is 1. The summed E-state index contributed by atoms with van der Waals surface area (Å²) in [4.78, 5) is 30.3. The van der Waals surface area contributed by atoms with Gasteiger partial charge in [0.1, 0.15) is 11.7 Å². The molecule has 1 fully saturated rings. The number of anilines is 2. The van der Waals surface area contributed by atoms with Crippen molar-refractivity contribution in [1.82, 2.24) is 9.36 Å². The van der Waals surface area contributed by atoms with Gasteiger partial charge in [-0.25, -0.2) is 4.98 Å². The molecule has 1 aromatic heterocycles. The number of rotatable bonds is 3. The van der Waals surface area contributed by atoms with Crippen LogP contribution < -0.4 is 10.2 Å². The number of carbonyl (C=O) groups excluding carboxylic acids is 2. The van der Waals surface area contributed by atoms with Gasteiger partial charge < -0.3 is 10.2 Å². The Bertz CT molecular complexity index is 716. The molecule has 6 nitrogen and oxygen atoms in total. The number of aromatic nitrogens is 2. The van der Waals surface area contributed by atoms with Crippen LogP contribution in [0, 0.1) is 12.8 Å². The molecule has 1 unspecified atom stereocenters. The molecular weight excluding hydrogens is 324 g/mol. The van der Waals surface area contributed by atoms with Crippen LogP contribution in [0.5, 0.6) is 0 Å². The third-order valence-electron chi connectivity index (χ3n) is 3.42. The molecule has 3 rings (SSSR count). The van der Waals surface area contributed by atoms with Crippen molar-refractivity contribution in [3.63, 3.8) is 0 Å². The van der Waals surface area contributed by atoms with Crippen LogP contribution in [0.1, 0.15) is 12.2 Å². The Labute approximate surface area is 136 Å². The Balaban J connectivity index is 1.70. The van der Waals surface area contributed by atoms with Gasteiger partial charge in [0.05, 0.1) is 0 Å². The van der Waals surface area contributed by atoms with Gasteiger partial charge in [0.15, 0.2) is 0 Å². The summed E-state index contributed by atoms with van der Waals surface area (Å²) in [6, 6.07) is 6.99. The van der Waals surface area contributed by atoms with Crippen LogP contribution in [0.2, 0.25) is 5.02 Å². The summed E-state index contributed by atoms with van der Waals surface area (Å²) in [5.41, 5.74) is 0.747. The quantitative estimate of drug-likeness (QED) is 0.874. The molecule has 2 aromatic rings. The van der Waals surface area contributed by atoms with Gasteiger partial charge in [-0.05, 0) is 37.6 Å². The maximum Gasteiger partial charge on any atom is 0.239 e. The zero-order chi connectivity index (χ0) is 15.7. The Morgan fingerprint density at radius 2 is 2.14 bits per heavy atom. The largest absolute Gasteiger partial charge is 0.312 e. The molecule has 114 valence electrons. The lowest BCUT2D eigenvalue weighted by Gasteiger charge is -2.16. The minimum absolute atomic E-state index is 0.207. The predicted molar refractivity (Wildman–Crippen MR) is 85.2 cm³/mol. The third kappa shape index (κ3) is 2.95. The second kappa shape index (κ2) is 6.02. The van der Waals surface area contributed by atoms with Crippen LogP contribution in [0.25, 0.3) is 0 Å². The summed E-state index contributed by atoms with van der Waals surface area (Å²) in [6.45, 7) is 2.25. The number of nitrogens with zero attached hydrogens (tertiary/aromatic N) is 3. The average Bonchev–Trinajstić information content (AvgIpc) is 3.06. The Kier molecular flexibility index (Phi) is 4.08. The summed E-state index contributed by atoms with van der Waals surface area (Å²) in [5.74, 6) is -0.639. The maximum atomic E-state index is 12.4. The van der Waals surface area contributed by atoms with E-state index in [0.29, 0.717) is 28.9 Å². The van der Waals surface area contributed by atoms with E-state index in [4.69, 9.17) is 11.6 Å². The molecule has 0 spiro atoms. The second-order valence-corrected chi connectivity index (χ2v) is 6.13. The molecule has 1 saturated heterocycles. The van der Waals surface area contributed by atoms with E-state index < -0.39 is 5.92 Å². The number of hydrogen-bond acceptors (Lipinski definition) is 5. The molecule has 1 aliphatic heterocycles. The third-order valence-corrected chi connectivity index (χ3v) is 4.39. The van der Waals surface area contributed by atoms with Gasteiger partial charge in [0.2, 0.25) is 16.9 Å². The lowest BCUT2D eigenvalue weighted by molar-refractivity contribution is -0.129. The monoisotopic (exact) mass is 336 g/mol. The first-order valence-electron chi connectivity index (χ1n) is 6.73. The van der Waals surface area contributed by atoms with Crippen molar-refractivity contribution in [2.24, 2.45) is 5.92 Å². The van der Waals surface area contributed by atoms with Crippen LogP contribution in [0.15, 0.2) is 24.3 Å². The van der Waals surface area contributed by atoms with E-state index in [0.717, 1.165) is 17.2 Å². The van der Waals surface area contributed by atoms with Crippen molar-refractivity contribution >= 4 is 45.8 Å². The fourth-order valence-electron chi connectivity index (χ4n) is 2.34. The molecule has 0 radical (unpaired) electrons. The zero-order valence-corrected chi connectivity index (χ0v) is 13.3.